The zero-order chi connectivity index (χ0) is 9.14. The van der Waals surface area contributed by atoms with Crippen molar-refractivity contribution in [1.82, 2.24) is 9.78 Å². The van der Waals surface area contributed by atoms with E-state index in [2.05, 4.69) is 12.0 Å². The number of aromatic amines is 1. The quantitative estimate of drug-likeness (QED) is 0.727. The molecule has 0 aliphatic rings. The van der Waals surface area contributed by atoms with E-state index < -0.39 is 0 Å². The van der Waals surface area contributed by atoms with E-state index in [1.807, 2.05) is 6.92 Å². The fourth-order valence-corrected chi connectivity index (χ4v) is 1.38. The van der Waals surface area contributed by atoms with Gasteiger partial charge in [0.15, 0.2) is 0 Å². The van der Waals surface area contributed by atoms with Crippen LogP contribution < -0.4 is 5.56 Å². The van der Waals surface area contributed by atoms with Gasteiger partial charge in [-0.2, -0.15) is 0 Å². The first-order valence-corrected chi connectivity index (χ1v) is 4.41. The van der Waals surface area contributed by atoms with E-state index in [9.17, 15) is 4.79 Å². The molecule has 0 amide bonds. The highest BCUT2D eigenvalue weighted by atomic mass is 16.1. The second-order valence-electron chi connectivity index (χ2n) is 3.18. The Bertz CT molecular complexity index is 309. The lowest BCUT2D eigenvalue weighted by atomic mass is 10.1. The smallest absolute Gasteiger partial charge is 0.269 e. The maximum atomic E-state index is 11.4. The molecule has 0 fully saturated rings. The molecule has 1 aromatic rings. The molecule has 0 atom stereocenters. The van der Waals surface area contributed by atoms with Crippen LogP contribution in [-0.4, -0.2) is 9.78 Å². The van der Waals surface area contributed by atoms with Crippen molar-refractivity contribution in [2.45, 2.75) is 33.1 Å². The largest absolute Gasteiger partial charge is 0.300 e. The molecule has 12 heavy (non-hydrogen) atoms. The molecular weight excluding hydrogens is 152 g/mol. The molecular formula is C9H16N2O. The maximum Gasteiger partial charge on any atom is 0.269 e. The van der Waals surface area contributed by atoms with E-state index in [1.54, 1.807) is 11.7 Å². The van der Waals surface area contributed by atoms with Crippen LogP contribution in [0, 0.1) is 6.92 Å². The van der Waals surface area contributed by atoms with Gasteiger partial charge in [-0.05, 0) is 19.8 Å². The number of nitrogens with one attached hydrogen (secondary N) is 1. The van der Waals surface area contributed by atoms with E-state index in [1.165, 1.54) is 0 Å². The summed E-state index contributed by atoms with van der Waals surface area (Å²) in [7, 11) is 1.75. The van der Waals surface area contributed by atoms with Crippen LogP contribution in [0.5, 0.6) is 0 Å². The maximum absolute atomic E-state index is 11.4. The molecule has 3 nitrogen and oxygen atoms in total. The van der Waals surface area contributed by atoms with Gasteiger partial charge in [0.1, 0.15) is 0 Å². The Morgan fingerprint density at radius 1 is 1.50 bits per heavy atom. The molecule has 0 aromatic carbocycles. The van der Waals surface area contributed by atoms with E-state index in [0.717, 1.165) is 30.5 Å². The van der Waals surface area contributed by atoms with Gasteiger partial charge >= 0.3 is 0 Å². The highest BCUT2D eigenvalue weighted by Crippen LogP contribution is 2.03. The van der Waals surface area contributed by atoms with Gasteiger partial charge in [-0.25, -0.2) is 0 Å². The molecule has 0 unspecified atom stereocenters. The van der Waals surface area contributed by atoms with Gasteiger partial charge in [0.05, 0.1) is 0 Å². The van der Waals surface area contributed by atoms with E-state index >= 15 is 0 Å². The topological polar surface area (TPSA) is 37.8 Å². The highest BCUT2D eigenvalue weighted by Gasteiger charge is 2.06. The lowest BCUT2D eigenvalue weighted by Crippen LogP contribution is -2.15. The second kappa shape index (κ2) is 3.61. The summed E-state index contributed by atoms with van der Waals surface area (Å²) in [4.78, 5) is 11.4. The number of rotatable bonds is 3. The minimum atomic E-state index is 0.126. The number of H-pyrrole nitrogens is 1. The Morgan fingerprint density at radius 2 is 2.17 bits per heavy atom. The minimum Gasteiger partial charge on any atom is -0.300 e. The Balaban J connectivity index is 2.90. The fourth-order valence-electron chi connectivity index (χ4n) is 1.38. The van der Waals surface area contributed by atoms with E-state index in [4.69, 9.17) is 0 Å². The summed E-state index contributed by atoms with van der Waals surface area (Å²) in [5, 5.41) is 2.99. The van der Waals surface area contributed by atoms with Crippen molar-refractivity contribution in [3.8, 4) is 0 Å². The Kier molecular flexibility index (Phi) is 2.74. The van der Waals surface area contributed by atoms with Gasteiger partial charge in [0.2, 0.25) is 0 Å². The van der Waals surface area contributed by atoms with Crippen molar-refractivity contribution in [3.63, 3.8) is 0 Å². The molecule has 0 saturated heterocycles. The summed E-state index contributed by atoms with van der Waals surface area (Å²) in [6, 6.07) is 0. The standard InChI is InChI=1S/C9H16N2O/c1-4-5-6-8-7(2)10-11(3)9(8)12/h10H,4-6H2,1-3H3. The van der Waals surface area contributed by atoms with Crippen LogP contribution in [0.2, 0.25) is 0 Å². The molecule has 0 bridgehead atoms. The van der Waals surface area contributed by atoms with Gasteiger partial charge in [0.25, 0.3) is 5.56 Å². The van der Waals surface area contributed by atoms with Crippen molar-refractivity contribution in [3.05, 3.63) is 21.6 Å². The molecule has 1 N–H and O–H groups in total. The molecule has 1 rings (SSSR count). The first-order valence-electron chi connectivity index (χ1n) is 4.41. The predicted octanol–water partition coefficient (Wildman–Crippen LogP) is 1.36. The van der Waals surface area contributed by atoms with Gasteiger partial charge < -0.3 is 0 Å². The van der Waals surface area contributed by atoms with Crippen LogP contribution in [0.1, 0.15) is 31.0 Å². The van der Waals surface area contributed by atoms with Crippen LogP contribution in [0.25, 0.3) is 0 Å². The van der Waals surface area contributed by atoms with Crippen molar-refractivity contribution in [2.75, 3.05) is 0 Å². The van der Waals surface area contributed by atoms with Crippen LogP contribution in [0.3, 0.4) is 0 Å². The number of aromatic nitrogens is 2. The minimum absolute atomic E-state index is 0.126. The summed E-state index contributed by atoms with van der Waals surface area (Å²) in [6.45, 7) is 4.08. The van der Waals surface area contributed by atoms with Gasteiger partial charge in [-0.3, -0.25) is 14.6 Å². The fraction of sp³-hybridized carbons (Fsp3) is 0.667. The van der Waals surface area contributed by atoms with Crippen LogP contribution in [0.4, 0.5) is 0 Å². The second-order valence-corrected chi connectivity index (χ2v) is 3.18. The summed E-state index contributed by atoms with van der Waals surface area (Å²) in [5.41, 5.74) is 2.08. The zero-order valence-electron chi connectivity index (χ0n) is 7.98. The number of nitrogens with zero attached hydrogens (tertiary/aromatic N) is 1. The van der Waals surface area contributed by atoms with Crippen LogP contribution in [0.15, 0.2) is 4.79 Å². The van der Waals surface area contributed by atoms with Crippen LogP contribution in [-0.2, 0) is 13.5 Å². The van der Waals surface area contributed by atoms with Crippen molar-refractivity contribution >= 4 is 0 Å². The number of aryl methyl sites for hydroxylation is 2. The van der Waals surface area contributed by atoms with Gasteiger partial charge in [-0.1, -0.05) is 13.3 Å². The number of unbranched alkanes of at least 4 members (excludes halogenated alkanes) is 1. The molecule has 0 radical (unpaired) electrons. The molecule has 0 aliphatic heterocycles. The molecule has 1 heterocycles. The van der Waals surface area contributed by atoms with Gasteiger partial charge in [0, 0.05) is 18.3 Å². The zero-order valence-corrected chi connectivity index (χ0v) is 7.98. The van der Waals surface area contributed by atoms with Crippen molar-refractivity contribution in [2.24, 2.45) is 7.05 Å². The Morgan fingerprint density at radius 3 is 2.58 bits per heavy atom. The van der Waals surface area contributed by atoms with E-state index in [0.29, 0.717) is 0 Å². The summed E-state index contributed by atoms with van der Waals surface area (Å²) in [6.07, 6.45) is 3.13. The number of hydrogen-bond acceptors (Lipinski definition) is 1. The first kappa shape index (κ1) is 9.10. The first-order chi connectivity index (χ1) is 5.66. The normalized spacial score (nSPS) is 10.6. The molecule has 3 heteroatoms. The predicted molar refractivity (Wildman–Crippen MR) is 49.4 cm³/mol. The molecule has 1 aromatic heterocycles. The SMILES string of the molecule is CCCCc1c(C)[nH]n(C)c1=O. The Hall–Kier alpha value is -0.990. The van der Waals surface area contributed by atoms with Crippen LogP contribution >= 0.6 is 0 Å². The molecule has 68 valence electrons. The summed E-state index contributed by atoms with van der Waals surface area (Å²) < 4.78 is 1.54. The third-order valence-corrected chi connectivity index (χ3v) is 2.13. The summed E-state index contributed by atoms with van der Waals surface area (Å²) in [5.74, 6) is 0. The number of hydrogen-bond donors (Lipinski definition) is 1. The van der Waals surface area contributed by atoms with Crippen molar-refractivity contribution in [1.29, 1.82) is 0 Å². The summed E-state index contributed by atoms with van der Waals surface area (Å²) >= 11 is 0. The van der Waals surface area contributed by atoms with E-state index in [-0.39, 0.29) is 5.56 Å². The third-order valence-electron chi connectivity index (χ3n) is 2.13. The Labute approximate surface area is 72.4 Å². The molecule has 0 saturated carbocycles. The lowest BCUT2D eigenvalue weighted by molar-refractivity contribution is 0.727. The monoisotopic (exact) mass is 168 g/mol. The highest BCUT2D eigenvalue weighted by molar-refractivity contribution is 5.15. The third kappa shape index (κ3) is 1.60. The lowest BCUT2D eigenvalue weighted by Gasteiger charge is -1.93. The molecule has 0 aliphatic carbocycles. The average molecular weight is 168 g/mol. The molecule has 0 spiro atoms. The average Bonchev–Trinajstić information content (AvgIpc) is 2.25. The van der Waals surface area contributed by atoms with Gasteiger partial charge in [-0.15, -0.1) is 0 Å². The van der Waals surface area contributed by atoms with Crippen molar-refractivity contribution < 1.29 is 0 Å².